The number of hydrogen-bond donors (Lipinski definition) is 1. The largest absolute Gasteiger partial charge is 0.381 e. The predicted octanol–water partition coefficient (Wildman–Crippen LogP) is 3.44. The second kappa shape index (κ2) is 9.26. The van der Waals surface area contributed by atoms with E-state index in [1.165, 1.54) is 18.6 Å². The molecule has 2 aliphatic heterocycles. The first-order valence-corrected chi connectivity index (χ1v) is 12.1. The van der Waals surface area contributed by atoms with Crippen molar-refractivity contribution in [2.45, 2.75) is 32.1 Å². The highest BCUT2D eigenvalue weighted by atomic mass is 32.2. The number of ether oxygens (including phenoxy) is 1. The number of aromatic nitrogens is 2. The van der Waals surface area contributed by atoms with Crippen LogP contribution in [-0.4, -0.2) is 50.7 Å². The minimum atomic E-state index is -3.51. The number of sulfonamides is 1. The van der Waals surface area contributed by atoms with Gasteiger partial charge in [-0.2, -0.15) is 0 Å². The maximum atomic E-state index is 13.9. The first-order chi connectivity index (χ1) is 14.5. The molecule has 4 rings (SSSR count). The summed E-state index contributed by atoms with van der Waals surface area (Å²) in [6.45, 7) is 2.97. The second-order valence-corrected chi connectivity index (χ2v) is 9.72. The first kappa shape index (κ1) is 21.0. The van der Waals surface area contributed by atoms with Gasteiger partial charge in [-0.15, -0.1) is 10.2 Å². The molecule has 1 aromatic heterocycles. The van der Waals surface area contributed by atoms with Crippen molar-refractivity contribution in [3.63, 3.8) is 0 Å². The molecule has 0 radical (unpaired) electrons. The van der Waals surface area contributed by atoms with Crippen molar-refractivity contribution in [2.24, 2.45) is 5.92 Å². The lowest BCUT2D eigenvalue weighted by Crippen LogP contribution is -2.30. The Balaban J connectivity index is 1.49. The highest BCUT2D eigenvalue weighted by Crippen LogP contribution is 2.32. The first-order valence-electron chi connectivity index (χ1n) is 10.5. The number of halogens is 1. The molecule has 0 aliphatic carbocycles. The van der Waals surface area contributed by atoms with Crippen LogP contribution in [0.4, 0.5) is 15.9 Å². The van der Waals surface area contributed by atoms with Crippen molar-refractivity contribution in [3.8, 4) is 11.3 Å². The Bertz CT molecular complexity index is 957. The molecule has 9 heteroatoms. The fraction of sp³-hybridized carbons (Fsp3) is 0.524. The van der Waals surface area contributed by atoms with E-state index in [1.54, 1.807) is 18.2 Å². The SMILES string of the molecule is O=S(=O)(CC1CCOCC1)Nc1ccc(-c2ccc(F)cc2N2CCCCC2)nn1. The minimum absolute atomic E-state index is 0.0524. The molecule has 2 aromatic rings. The van der Waals surface area contributed by atoms with Gasteiger partial charge in [-0.25, -0.2) is 12.8 Å². The number of piperidine rings is 1. The zero-order chi connectivity index (χ0) is 21.0. The van der Waals surface area contributed by atoms with E-state index in [2.05, 4.69) is 19.8 Å². The molecule has 162 valence electrons. The quantitative estimate of drug-likeness (QED) is 0.750. The molecule has 1 aromatic carbocycles. The van der Waals surface area contributed by atoms with E-state index >= 15 is 0 Å². The van der Waals surface area contributed by atoms with Crippen LogP contribution in [0.25, 0.3) is 11.3 Å². The Hall–Kier alpha value is -2.26. The molecule has 30 heavy (non-hydrogen) atoms. The summed E-state index contributed by atoms with van der Waals surface area (Å²) in [7, 11) is -3.51. The van der Waals surface area contributed by atoms with Crippen LogP contribution < -0.4 is 9.62 Å². The van der Waals surface area contributed by atoms with E-state index in [1.807, 2.05) is 0 Å². The topological polar surface area (TPSA) is 84.4 Å². The fourth-order valence-electron chi connectivity index (χ4n) is 4.07. The molecule has 1 N–H and O–H groups in total. The van der Waals surface area contributed by atoms with Crippen molar-refractivity contribution >= 4 is 21.5 Å². The molecule has 0 atom stereocenters. The standard InChI is InChI=1S/C21H27FN4O3S/c22-17-4-5-18(20(14-17)26-10-2-1-3-11-26)19-6-7-21(24-23-19)25-30(27,28)15-16-8-12-29-13-9-16/h4-7,14,16H,1-3,8-13,15H2,(H,24,25). The van der Waals surface area contributed by atoms with Crippen molar-refractivity contribution in [3.05, 3.63) is 36.1 Å². The number of nitrogens with zero attached hydrogens (tertiary/aromatic N) is 3. The highest BCUT2D eigenvalue weighted by Gasteiger charge is 2.22. The lowest BCUT2D eigenvalue weighted by Gasteiger charge is -2.30. The second-order valence-electron chi connectivity index (χ2n) is 7.95. The maximum Gasteiger partial charge on any atom is 0.234 e. The molecule has 3 heterocycles. The normalized spacial score (nSPS) is 18.4. The molecule has 2 aliphatic rings. The number of benzene rings is 1. The third kappa shape index (κ3) is 5.26. The maximum absolute atomic E-state index is 13.9. The Kier molecular flexibility index (Phi) is 6.48. The van der Waals surface area contributed by atoms with Crippen LogP contribution in [0.1, 0.15) is 32.1 Å². The molecule has 0 spiro atoms. The number of rotatable bonds is 6. The van der Waals surface area contributed by atoms with Gasteiger partial charge in [-0.3, -0.25) is 4.72 Å². The predicted molar refractivity (Wildman–Crippen MR) is 114 cm³/mol. The van der Waals surface area contributed by atoms with Gasteiger partial charge in [0, 0.05) is 37.6 Å². The van der Waals surface area contributed by atoms with Crippen LogP contribution in [0.5, 0.6) is 0 Å². The zero-order valence-electron chi connectivity index (χ0n) is 16.9. The molecule has 0 bridgehead atoms. The molecule has 2 saturated heterocycles. The average molecular weight is 435 g/mol. The molecule has 0 saturated carbocycles. The molecule has 2 fully saturated rings. The van der Waals surface area contributed by atoms with E-state index in [0.29, 0.717) is 18.9 Å². The summed E-state index contributed by atoms with van der Waals surface area (Å²) in [5, 5.41) is 8.28. The van der Waals surface area contributed by atoms with Crippen molar-refractivity contribution < 1.29 is 17.5 Å². The third-order valence-corrected chi connectivity index (χ3v) is 7.08. The summed E-state index contributed by atoms with van der Waals surface area (Å²) in [5.41, 5.74) is 2.18. The Labute approximate surface area is 176 Å². The monoisotopic (exact) mass is 434 g/mol. The van der Waals surface area contributed by atoms with Crippen LogP contribution in [0.3, 0.4) is 0 Å². The van der Waals surface area contributed by atoms with Crippen LogP contribution in [-0.2, 0) is 14.8 Å². The van der Waals surface area contributed by atoms with Crippen LogP contribution in [0.15, 0.2) is 30.3 Å². The van der Waals surface area contributed by atoms with Gasteiger partial charge in [0.25, 0.3) is 0 Å². The number of hydrogen-bond acceptors (Lipinski definition) is 6. The van der Waals surface area contributed by atoms with Gasteiger partial charge in [-0.05, 0) is 68.4 Å². The van der Waals surface area contributed by atoms with E-state index in [-0.39, 0.29) is 23.3 Å². The summed E-state index contributed by atoms with van der Waals surface area (Å²) in [5.74, 6) is 0.0451. The van der Waals surface area contributed by atoms with Gasteiger partial charge in [0.1, 0.15) is 5.82 Å². The van der Waals surface area contributed by atoms with E-state index < -0.39 is 10.0 Å². The summed E-state index contributed by atoms with van der Waals surface area (Å²) < 4.78 is 46.6. The van der Waals surface area contributed by atoms with Crippen molar-refractivity contribution in [2.75, 3.05) is 41.7 Å². The van der Waals surface area contributed by atoms with Crippen LogP contribution in [0, 0.1) is 11.7 Å². The van der Waals surface area contributed by atoms with E-state index in [9.17, 15) is 12.8 Å². The van der Waals surface area contributed by atoms with Crippen LogP contribution in [0.2, 0.25) is 0 Å². The number of anilines is 2. The molecule has 7 nitrogen and oxygen atoms in total. The fourth-order valence-corrected chi connectivity index (χ4v) is 5.54. The molecule has 0 unspecified atom stereocenters. The summed E-state index contributed by atoms with van der Waals surface area (Å²) in [6, 6.07) is 7.98. The van der Waals surface area contributed by atoms with Gasteiger partial charge >= 0.3 is 0 Å². The number of nitrogens with one attached hydrogen (secondary N) is 1. The van der Waals surface area contributed by atoms with Gasteiger partial charge in [0.2, 0.25) is 10.0 Å². The minimum Gasteiger partial charge on any atom is -0.381 e. The third-order valence-electron chi connectivity index (χ3n) is 5.65. The Morgan fingerprint density at radius 1 is 1.07 bits per heavy atom. The molecule has 0 amide bonds. The zero-order valence-corrected chi connectivity index (χ0v) is 17.7. The van der Waals surface area contributed by atoms with Gasteiger partial charge in [0.15, 0.2) is 5.82 Å². The van der Waals surface area contributed by atoms with Gasteiger partial charge < -0.3 is 9.64 Å². The summed E-state index contributed by atoms with van der Waals surface area (Å²) >= 11 is 0. The van der Waals surface area contributed by atoms with Gasteiger partial charge in [0.05, 0.1) is 11.4 Å². The smallest absolute Gasteiger partial charge is 0.234 e. The molecular weight excluding hydrogens is 407 g/mol. The van der Waals surface area contributed by atoms with E-state index in [0.717, 1.165) is 50.0 Å². The highest BCUT2D eigenvalue weighted by molar-refractivity contribution is 7.92. The van der Waals surface area contributed by atoms with Crippen molar-refractivity contribution in [1.29, 1.82) is 0 Å². The van der Waals surface area contributed by atoms with Crippen molar-refractivity contribution in [1.82, 2.24) is 10.2 Å². The average Bonchev–Trinajstić information content (AvgIpc) is 2.75. The molecular formula is C21H27FN4O3S. The Morgan fingerprint density at radius 3 is 2.53 bits per heavy atom. The lowest BCUT2D eigenvalue weighted by molar-refractivity contribution is 0.0724. The van der Waals surface area contributed by atoms with E-state index in [4.69, 9.17) is 4.74 Å². The summed E-state index contributed by atoms with van der Waals surface area (Å²) in [6.07, 6.45) is 4.83. The van der Waals surface area contributed by atoms with Gasteiger partial charge in [-0.1, -0.05) is 0 Å². The Morgan fingerprint density at radius 2 is 1.83 bits per heavy atom. The lowest BCUT2D eigenvalue weighted by atomic mass is 10.0. The van der Waals surface area contributed by atoms with Crippen LogP contribution >= 0.6 is 0 Å². The summed E-state index contributed by atoms with van der Waals surface area (Å²) in [4.78, 5) is 2.17.